The van der Waals surface area contributed by atoms with E-state index in [4.69, 9.17) is 0 Å². The number of nitrogens with zero attached hydrogens (tertiary/aromatic N) is 2. The smallest absolute Gasteiger partial charge is 0.212 e. The molecule has 0 radical (unpaired) electrons. The highest BCUT2D eigenvalue weighted by molar-refractivity contribution is 5.77. The highest BCUT2D eigenvalue weighted by Crippen LogP contribution is 2.19. The first-order valence-electron chi connectivity index (χ1n) is 8.48. The van der Waals surface area contributed by atoms with Crippen LogP contribution in [0.25, 0.3) is 23.1 Å². The second kappa shape index (κ2) is 6.88. The minimum atomic E-state index is 0.958. The molecule has 1 heterocycles. The first kappa shape index (κ1) is 16.3. The maximum Gasteiger partial charge on any atom is 0.212 e. The van der Waals surface area contributed by atoms with Crippen molar-refractivity contribution in [3.63, 3.8) is 0 Å². The van der Waals surface area contributed by atoms with Gasteiger partial charge in [-0.1, -0.05) is 18.2 Å². The number of hydrogen-bond acceptors (Lipinski definition) is 1. The van der Waals surface area contributed by atoms with Gasteiger partial charge in [0.25, 0.3) is 0 Å². The van der Waals surface area contributed by atoms with Crippen molar-refractivity contribution in [3.8, 4) is 0 Å². The van der Waals surface area contributed by atoms with Crippen molar-refractivity contribution in [2.45, 2.75) is 20.4 Å². The monoisotopic (exact) mass is 317 g/mol. The lowest BCUT2D eigenvalue weighted by molar-refractivity contribution is -0.669. The van der Waals surface area contributed by atoms with E-state index in [0.29, 0.717) is 0 Å². The third-order valence-electron chi connectivity index (χ3n) is 4.49. The summed E-state index contributed by atoms with van der Waals surface area (Å²) in [4.78, 5) is 2.13. The number of anilines is 1. The van der Waals surface area contributed by atoms with E-state index in [1.54, 1.807) is 0 Å². The van der Waals surface area contributed by atoms with Crippen LogP contribution >= 0.6 is 0 Å². The van der Waals surface area contributed by atoms with Gasteiger partial charge >= 0.3 is 0 Å². The molecule has 24 heavy (non-hydrogen) atoms. The Balaban J connectivity index is 1.99. The topological polar surface area (TPSA) is 7.12 Å². The summed E-state index contributed by atoms with van der Waals surface area (Å²) in [5.74, 6) is 0. The van der Waals surface area contributed by atoms with Crippen molar-refractivity contribution in [2.24, 2.45) is 0 Å². The molecule has 2 nitrogen and oxygen atoms in total. The first-order chi connectivity index (χ1) is 11.6. The fourth-order valence-corrected chi connectivity index (χ4v) is 3.08. The number of pyridine rings is 1. The fraction of sp³-hybridized carbons (Fsp3) is 0.227. The Hall–Kier alpha value is -2.61. The summed E-state index contributed by atoms with van der Waals surface area (Å²) in [6.07, 6.45) is 4.43. The fourth-order valence-electron chi connectivity index (χ4n) is 3.08. The third-order valence-corrected chi connectivity index (χ3v) is 4.49. The van der Waals surface area contributed by atoms with Gasteiger partial charge in [0.05, 0.1) is 0 Å². The first-order valence-corrected chi connectivity index (χ1v) is 8.48. The third kappa shape index (κ3) is 3.18. The zero-order valence-corrected chi connectivity index (χ0v) is 15.0. The van der Waals surface area contributed by atoms with Crippen LogP contribution in [-0.4, -0.2) is 14.1 Å². The van der Waals surface area contributed by atoms with Gasteiger partial charge in [-0.05, 0) is 55.3 Å². The molecule has 0 fully saturated rings. The van der Waals surface area contributed by atoms with Crippen LogP contribution in [0.3, 0.4) is 0 Å². The van der Waals surface area contributed by atoms with Crippen molar-refractivity contribution in [1.82, 2.24) is 0 Å². The molecule has 0 N–H and O–H groups in total. The molecule has 0 saturated carbocycles. The Bertz CT molecular complexity index is 892. The minimum absolute atomic E-state index is 0.958. The summed E-state index contributed by atoms with van der Waals surface area (Å²) in [5, 5.41) is 1.28. The molecule has 0 aliphatic carbocycles. The van der Waals surface area contributed by atoms with Gasteiger partial charge in [0.2, 0.25) is 11.2 Å². The summed E-state index contributed by atoms with van der Waals surface area (Å²) in [5.41, 5.74) is 6.30. The molecular weight excluding hydrogens is 292 g/mol. The SMILES string of the molecule is CC[n+]1c(/C=C/c2ccc(N(C)C)cc2C)ccc2ccccc21. The average Bonchev–Trinajstić information content (AvgIpc) is 2.60. The molecule has 0 bridgehead atoms. The Morgan fingerprint density at radius 1 is 0.958 bits per heavy atom. The predicted octanol–water partition coefficient (Wildman–Crippen LogP) is 4.69. The Labute approximate surface area is 144 Å². The number of fused-ring (bicyclic) bond motifs is 1. The summed E-state index contributed by atoms with van der Waals surface area (Å²) >= 11 is 0. The number of rotatable bonds is 4. The van der Waals surface area contributed by atoms with Crippen LogP contribution < -0.4 is 9.47 Å². The number of para-hydroxylation sites is 1. The molecule has 2 heteroatoms. The molecule has 3 rings (SSSR count). The lowest BCUT2D eigenvalue weighted by atomic mass is 10.1. The van der Waals surface area contributed by atoms with Crippen LogP contribution in [0, 0.1) is 6.92 Å². The summed E-state index contributed by atoms with van der Waals surface area (Å²) < 4.78 is 2.36. The number of aromatic nitrogens is 1. The van der Waals surface area contributed by atoms with E-state index in [1.165, 1.54) is 33.4 Å². The molecule has 0 aliphatic rings. The Morgan fingerprint density at radius 3 is 2.46 bits per heavy atom. The van der Waals surface area contributed by atoms with Crippen LogP contribution in [0.4, 0.5) is 5.69 Å². The Kier molecular flexibility index (Phi) is 4.66. The minimum Gasteiger partial charge on any atom is -0.378 e. The molecule has 1 aromatic heterocycles. The van der Waals surface area contributed by atoms with Gasteiger partial charge in [0.1, 0.15) is 6.54 Å². The van der Waals surface area contributed by atoms with E-state index in [2.05, 4.69) is 104 Å². The average molecular weight is 317 g/mol. The Morgan fingerprint density at radius 2 is 1.75 bits per heavy atom. The maximum absolute atomic E-state index is 2.36. The number of aryl methyl sites for hydroxylation is 2. The van der Waals surface area contributed by atoms with Crippen molar-refractivity contribution in [2.75, 3.05) is 19.0 Å². The molecule has 0 atom stereocenters. The van der Waals surface area contributed by atoms with Crippen molar-refractivity contribution >= 4 is 28.7 Å². The second-order valence-electron chi connectivity index (χ2n) is 6.33. The van der Waals surface area contributed by atoms with Gasteiger partial charge in [0, 0.05) is 43.4 Å². The van der Waals surface area contributed by atoms with Gasteiger partial charge in [-0.15, -0.1) is 0 Å². The van der Waals surface area contributed by atoms with E-state index in [0.717, 1.165) is 6.54 Å². The van der Waals surface area contributed by atoms with E-state index in [-0.39, 0.29) is 0 Å². The van der Waals surface area contributed by atoms with E-state index >= 15 is 0 Å². The largest absolute Gasteiger partial charge is 0.378 e. The van der Waals surface area contributed by atoms with E-state index in [9.17, 15) is 0 Å². The molecule has 2 aromatic carbocycles. The van der Waals surface area contributed by atoms with Gasteiger partial charge in [-0.25, -0.2) is 0 Å². The van der Waals surface area contributed by atoms with Crippen LogP contribution in [0.1, 0.15) is 23.7 Å². The lowest BCUT2D eigenvalue weighted by Gasteiger charge is -2.13. The van der Waals surface area contributed by atoms with Gasteiger partial charge in [0.15, 0.2) is 0 Å². The summed E-state index contributed by atoms with van der Waals surface area (Å²) in [6.45, 7) is 5.32. The molecule has 0 saturated heterocycles. The van der Waals surface area contributed by atoms with Crippen molar-refractivity contribution < 1.29 is 4.57 Å². The summed E-state index contributed by atoms with van der Waals surface area (Å²) in [6, 6.07) is 19.5. The lowest BCUT2D eigenvalue weighted by Crippen LogP contribution is -2.36. The van der Waals surface area contributed by atoms with E-state index in [1.807, 2.05) is 0 Å². The molecule has 0 aliphatic heterocycles. The quantitative estimate of drug-likeness (QED) is 0.633. The van der Waals surface area contributed by atoms with Crippen LogP contribution in [0.2, 0.25) is 0 Å². The highest BCUT2D eigenvalue weighted by atomic mass is 15.1. The highest BCUT2D eigenvalue weighted by Gasteiger charge is 2.11. The van der Waals surface area contributed by atoms with Gasteiger partial charge in [-0.2, -0.15) is 4.57 Å². The predicted molar refractivity (Wildman–Crippen MR) is 104 cm³/mol. The van der Waals surface area contributed by atoms with Crippen molar-refractivity contribution in [3.05, 3.63) is 71.4 Å². The molecule has 0 spiro atoms. The molecular formula is C22H25N2+. The standard InChI is InChI=1S/C22H25N2/c1-5-24-20(14-12-19-8-6-7-9-22(19)24)13-10-18-11-15-21(23(3)4)16-17(18)2/h6-16H,5H2,1-4H3/q+1. The number of benzene rings is 2. The van der Waals surface area contributed by atoms with Crippen LogP contribution in [-0.2, 0) is 6.54 Å². The van der Waals surface area contributed by atoms with Crippen molar-refractivity contribution in [1.29, 1.82) is 0 Å². The zero-order chi connectivity index (χ0) is 17.1. The summed E-state index contributed by atoms with van der Waals surface area (Å²) in [7, 11) is 4.15. The number of hydrogen-bond donors (Lipinski definition) is 0. The maximum atomic E-state index is 2.36. The van der Waals surface area contributed by atoms with Gasteiger partial charge in [-0.3, -0.25) is 0 Å². The molecule has 3 aromatic rings. The second-order valence-corrected chi connectivity index (χ2v) is 6.33. The van der Waals surface area contributed by atoms with Crippen LogP contribution in [0.5, 0.6) is 0 Å². The normalized spacial score (nSPS) is 11.3. The van der Waals surface area contributed by atoms with Crippen LogP contribution in [0.15, 0.2) is 54.6 Å². The molecule has 122 valence electrons. The van der Waals surface area contributed by atoms with Gasteiger partial charge < -0.3 is 4.90 Å². The zero-order valence-electron chi connectivity index (χ0n) is 15.0. The molecule has 0 unspecified atom stereocenters. The van der Waals surface area contributed by atoms with E-state index < -0.39 is 0 Å². The molecule has 0 amide bonds.